The highest BCUT2D eigenvalue weighted by atomic mass is 32.2. The number of carbonyl (C=O) groups excluding carboxylic acids is 1. The number of ether oxygens (including phenoxy) is 1. The van der Waals surface area contributed by atoms with Gasteiger partial charge in [0.1, 0.15) is 5.75 Å². The van der Waals surface area contributed by atoms with Gasteiger partial charge in [-0.05, 0) is 57.3 Å². The Morgan fingerprint density at radius 1 is 1.30 bits per heavy atom. The summed E-state index contributed by atoms with van der Waals surface area (Å²) in [6.45, 7) is 7.59. The Hall–Kier alpha value is -2.44. The van der Waals surface area contributed by atoms with Crippen LogP contribution in [-0.2, 0) is 24.2 Å². The van der Waals surface area contributed by atoms with E-state index < -0.39 is 17.9 Å². The van der Waals surface area contributed by atoms with Gasteiger partial charge in [-0.2, -0.15) is 13.9 Å². The monoisotopic (exact) mass is 541 g/mol. The maximum atomic E-state index is 13.3. The van der Waals surface area contributed by atoms with Crippen LogP contribution < -0.4 is 14.8 Å². The number of halogens is 2. The summed E-state index contributed by atoms with van der Waals surface area (Å²) in [6.07, 6.45) is 5.26. The summed E-state index contributed by atoms with van der Waals surface area (Å²) in [5.41, 5.74) is 2.21. The molecule has 0 spiro atoms. The first-order chi connectivity index (χ1) is 17.4. The lowest BCUT2D eigenvalue weighted by molar-refractivity contribution is -0.0495. The molecule has 2 aromatic heterocycles. The molecule has 0 saturated heterocycles. The van der Waals surface area contributed by atoms with E-state index in [1.54, 1.807) is 11.6 Å². The van der Waals surface area contributed by atoms with Crippen molar-refractivity contribution < 1.29 is 27.1 Å². The van der Waals surface area contributed by atoms with Crippen molar-refractivity contribution in [2.24, 2.45) is 11.3 Å². The second-order valence-electron chi connectivity index (χ2n) is 10.7. The normalized spacial score (nSPS) is 19.2. The van der Waals surface area contributed by atoms with E-state index >= 15 is 0 Å². The zero-order chi connectivity index (χ0) is 27.3. The van der Waals surface area contributed by atoms with Crippen LogP contribution in [0.15, 0.2) is 12.3 Å². The molecule has 1 fully saturated rings. The lowest BCUT2D eigenvalue weighted by atomic mass is 9.86. The van der Waals surface area contributed by atoms with Gasteiger partial charge in [0, 0.05) is 42.7 Å². The molecule has 9 nitrogen and oxygen atoms in total. The zero-order valence-electron chi connectivity index (χ0n) is 22.0. The Bertz CT molecular complexity index is 1110. The van der Waals surface area contributed by atoms with Gasteiger partial charge in [-0.1, -0.05) is 20.8 Å². The Morgan fingerprint density at radius 2 is 1.97 bits per heavy atom. The van der Waals surface area contributed by atoms with E-state index in [0.717, 1.165) is 25.7 Å². The highest BCUT2D eigenvalue weighted by Gasteiger charge is 2.27. The van der Waals surface area contributed by atoms with Crippen LogP contribution in [0.5, 0.6) is 5.75 Å². The van der Waals surface area contributed by atoms with Crippen molar-refractivity contribution in [2.75, 3.05) is 6.54 Å². The average molecular weight is 542 g/mol. The van der Waals surface area contributed by atoms with Crippen LogP contribution in [0.25, 0.3) is 11.3 Å². The highest BCUT2D eigenvalue weighted by molar-refractivity contribution is 7.77. The smallest absolute Gasteiger partial charge is 0.387 e. The Balaban J connectivity index is 1.80. The largest absolute Gasteiger partial charge is 0.434 e. The van der Waals surface area contributed by atoms with Gasteiger partial charge in [-0.25, -0.2) is 8.93 Å². The molecule has 1 aliphatic rings. The molecule has 2 heterocycles. The van der Waals surface area contributed by atoms with E-state index in [1.807, 2.05) is 27.7 Å². The van der Waals surface area contributed by atoms with Gasteiger partial charge in [0.15, 0.2) is 5.69 Å². The number of alkyl halides is 2. The summed E-state index contributed by atoms with van der Waals surface area (Å²) in [6, 6.07) is 1.53. The van der Waals surface area contributed by atoms with Gasteiger partial charge >= 0.3 is 6.61 Å². The molecular weight excluding hydrogens is 504 g/mol. The molecule has 12 heteroatoms. The summed E-state index contributed by atoms with van der Waals surface area (Å²) in [4.78, 5) is 17.6. The van der Waals surface area contributed by atoms with E-state index in [-0.39, 0.29) is 34.7 Å². The number of pyridine rings is 1. The lowest BCUT2D eigenvalue weighted by Crippen LogP contribution is -2.37. The van der Waals surface area contributed by atoms with Crippen LogP contribution in [0.2, 0.25) is 0 Å². The summed E-state index contributed by atoms with van der Waals surface area (Å²) in [5.74, 6) is -0.0767. The quantitative estimate of drug-likeness (QED) is 0.382. The number of aryl methyl sites for hydroxylation is 1. The highest BCUT2D eigenvalue weighted by Crippen LogP contribution is 2.36. The molecule has 3 rings (SSSR count). The molecule has 1 saturated carbocycles. The molecule has 1 aliphatic carbocycles. The van der Waals surface area contributed by atoms with Crippen LogP contribution in [0.3, 0.4) is 0 Å². The second kappa shape index (κ2) is 12.4. The van der Waals surface area contributed by atoms with Crippen molar-refractivity contribution in [1.29, 1.82) is 0 Å². The Kier molecular flexibility index (Phi) is 9.76. The number of amides is 1. The molecule has 0 aliphatic heterocycles. The molecule has 0 aromatic carbocycles. The number of nitrogens with one attached hydrogen (secondary N) is 2. The minimum atomic E-state index is -3.01. The maximum Gasteiger partial charge on any atom is 0.387 e. The average Bonchev–Trinajstić information content (AvgIpc) is 3.13. The summed E-state index contributed by atoms with van der Waals surface area (Å²) >= 11 is -2.03. The maximum absolute atomic E-state index is 13.3. The van der Waals surface area contributed by atoms with Crippen LogP contribution in [0, 0.1) is 18.3 Å². The van der Waals surface area contributed by atoms with Crippen molar-refractivity contribution in [3.05, 3.63) is 29.2 Å². The van der Waals surface area contributed by atoms with Crippen molar-refractivity contribution >= 4 is 17.2 Å². The molecule has 0 bridgehead atoms. The third kappa shape index (κ3) is 8.02. The van der Waals surface area contributed by atoms with Crippen LogP contribution in [0.4, 0.5) is 8.78 Å². The van der Waals surface area contributed by atoms with Gasteiger partial charge in [0.2, 0.25) is 11.3 Å². The molecule has 1 unspecified atom stereocenters. The summed E-state index contributed by atoms with van der Waals surface area (Å²) in [5, 5.41) is 7.43. The van der Waals surface area contributed by atoms with Crippen molar-refractivity contribution in [3.63, 3.8) is 0 Å². The summed E-state index contributed by atoms with van der Waals surface area (Å²) < 4.78 is 55.7. The Morgan fingerprint density at radius 3 is 2.54 bits per heavy atom. The molecular formula is C25H37F2N5O4S. The van der Waals surface area contributed by atoms with Crippen LogP contribution in [-0.4, -0.2) is 48.6 Å². The Labute approximate surface area is 219 Å². The first-order valence-corrected chi connectivity index (χ1v) is 13.6. The standard InChI is InChI=1S/C25H37F2N5O4S/c1-6-32-22(19-14-28-18(12-25(3,4)5)11-20(19)36-24(26)27)15(2)21(30-32)23(33)29-13-16-7-9-17(10-8-16)31-37(34)35/h11,14,16-17,24,31H,6-10,12-13H2,1-5H3,(H,29,33)(H,34,35). The van der Waals surface area contributed by atoms with Gasteiger partial charge in [0.05, 0.1) is 11.3 Å². The van der Waals surface area contributed by atoms with E-state index in [2.05, 4.69) is 20.1 Å². The fraction of sp³-hybridized carbons (Fsp3) is 0.640. The number of rotatable bonds is 10. The third-order valence-electron chi connectivity index (χ3n) is 6.47. The lowest BCUT2D eigenvalue weighted by Gasteiger charge is -2.28. The number of hydrogen-bond acceptors (Lipinski definition) is 5. The van der Waals surface area contributed by atoms with Gasteiger partial charge in [-0.3, -0.25) is 19.0 Å². The van der Waals surface area contributed by atoms with Crippen molar-refractivity contribution in [3.8, 4) is 17.0 Å². The predicted octanol–water partition coefficient (Wildman–Crippen LogP) is 4.48. The number of hydrogen-bond donors (Lipinski definition) is 3. The fourth-order valence-corrected chi connectivity index (χ4v) is 5.29. The molecule has 0 radical (unpaired) electrons. The zero-order valence-corrected chi connectivity index (χ0v) is 22.8. The number of aromatic nitrogens is 3. The van der Waals surface area contributed by atoms with Gasteiger partial charge in [-0.15, -0.1) is 0 Å². The van der Waals surface area contributed by atoms with E-state index in [4.69, 9.17) is 9.29 Å². The minimum absolute atomic E-state index is 0.00286. The van der Waals surface area contributed by atoms with Crippen LogP contribution >= 0.6 is 0 Å². The van der Waals surface area contributed by atoms with E-state index in [0.29, 0.717) is 42.0 Å². The number of nitrogens with zero attached hydrogens (tertiary/aromatic N) is 3. The molecule has 206 valence electrons. The molecule has 3 N–H and O–H groups in total. The topological polar surface area (TPSA) is 118 Å². The van der Waals surface area contributed by atoms with Gasteiger partial charge < -0.3 is 10.1 Å². The van der Waals surface area contributed by atoms with Crippen molar-refractivity contribution in [2.45, 2.75) is 85.9 Å². The summed E-state index contributed by atoms with van der Waals surface area (Å²) in [7, 11) is 0. The minimum Gasteiger partial charge on any atom is -0.434 e. The SMILES string of the molecule is CCn1nc(C(=O)NCC2CCC(NS(=O)O)CC2)c(C)c1-c1cnc(CC(C)(C)C)cc1OC(F)F. The molecule has 1 atom stereocenters. The molecule has 37 heavy (non-hydrogen) atoms. The number of carbonyl (C=O) groups is 1. The first kappa shape index (κ1) is 29.1. The third-order valence-corrected chi connectivity index (χ3v) is 7.01. The van der Waals surface area contributed by atoms with Crippen molar-refractivity contribution in [1.82, 2.24) is 24.8 Å². The van der Waals surface area contributed by atoms with Gasteiger partial charge in [0.25, 0.3) is 5.91 Å². The van der Waals surface area contributed by atoms with E-state index in [1.165, 1.54) is 12.3 Å². The molecule has 2 aromatic rings. The molecule has 1 amide bonds. The second-order valence-corrected chi connectivity index (χ2v) is 11.5. The van der Waals surface area contributed by atoms with E-state index in [9.17, 15) is 17.8 Å². The fourth-order valence-electron chi connectivity index (χ4n) is 4.77. The predicted molar refractivity (Wildman–Crippen MR) is 138 cm³/mol. The van der Waals surface area contributed by atoms with Crippen LogP contribution in [0.1, 0.15) is 75.1 Å². The first-order valence-electron chi connectivity index (χ1n) is 12.5.